The molecule has 2 fully saturated rings. The van der Waals surface area contributed by atoms with Crippen LogP contribution in [0.5, 0.6) is 0 Å². The molecule has 0 unspecified atom stereocenters. The predicted octanol–water partition coefficient (Wildman–Crippen LogP) is 1.99. The van der Waals surface area contributed by atoms with Gasteiger partial charge in [0.1, 0.15) is 5.69 Å². The van der Waals surface area contributed by atoms with Gasteiger partial charge in [0.2, 0.25) is 0 Å². The lowest BCUT2D eigenvalue weighted by Crippen LogP contribution is -2.43. The molecular weight excluding hydrogens is 296 g/mol. The Morgan fingerprint density at radius 2 is 2.00 bits per heavy atom. The van der Waals surface area contributed by atoms with Crippen molar-refractivity contribution in [2.24, 2.45) is 0 Å². The molecule has 7 heteroatoms. The Kier molecular flexibility index (Phi) is 4.47. The van der Waals surface area contributed by atoms with E-state index in [1.807, 2.05) is 0 Å². The summed E-state index contributed by atoms with van der Waals surface area (Å²) < 4.78 is 0. The van der Waals surface area contributed by atoms with Crippen LogP contribution in [0.1, 0.15) is 36.0 Å². The Balaban J connectivity index is 1.79. The van der Waals surface area contributed by atoms with Gasteiger partial charge in [-0.3, -0.25) is 14.9 Å². The number of hydrogen-bond acceptors (Lipinski definition) is 5. The zero-order valence-electron chi connectivity index (χ0n) is 13.2. The van der Waals surface area contributed by atoms with Crippen LogP contribution in [0.3, 0.4) is 0 Å². The molecule has 1 aromatic carbocycles. The Bertz CT molecular complexity index is 609. The Labute approximate surface area is 135 Å². The van der Waals surface area contributed by atoms with Gasteiger partial charge in [0.25, 0.3) is 11.6 Å². The first kappa shape index (κ1) is 15.7. The fourth-order valence-electron chi connectivity index (χ4n) is 2.95. The summed E-state index contributed by atoms with van der Waals surface area (Å²) in [6.07, 6.45) is 3.89. The van der Waals surface area contributed by atoms with E-state index in [1.165, 1.54) is 6.07 Å². The van der Waals surface area contributed by atoms with Crippen LogP contribution in [0.15, 0.2) is 18.2 Å². The van der Waals surface area contributed by atoms with Crippen molar-refractivity contribution in [1.82, 2.24) is 10.2 Å². The van der Waals surface area contributed by atoms with E-state index in [2.05, 4.69) is 10.6 Å². The average molecular weight is 318 g/mol. The molecule has 1 amide bonds. The Morgan fingerprint density at radius 1 is 1.30 bits per heavy atom. The van der Waals surface area contributed by atoms with Crippen LogP contribution in [0.25, 0.3) is 0 Å². The highest BCUT2D eigenvalue weighted by Gasteiger charge is 2.27. The molecule has 3 rings (SSSR count). The second-order valence-electron chi connectivity index (χ2n) is 6.30. The molecule has 0 spiro atoms. The van der Waals surface area contributed by atoms with Crippen LogP contribution in [0, 0.1) is 10.1 Å². The number of anilines is 1. The topological polar surface area (TPSA) is 87.5 Å². The molecule has 1 saturated carbocycles. The molecule has 1 aliphatic heterocycles. The van der Waals surface area contributed by atoms with Crippen molar-refractivity contribution < 1.29 is 9.72 Å². The van der Waals surface area contributed by atoms with E-state index >= 15 is 0 Å². The molecule has 0 bridgehead atoms. The van der Waals surface area contributed by atoms with Gasteiger partial charge < -0.3 is 15.5 Å². The lowest BCUT2D eigenvalue weighted by atomic mass is 10.0. The summed E-state index contributed by atoms with van der Waals surface area (Å²) in [4.78, 5) is 25.2. The van der Waals surface area contributed by atoms with Crippen LogP contribution < -0.4 is 10.6 Å². The van der Waals surface area contributed by atoms with Crippen LogP contribution in [0.4, 0.5) is 11.4 Å². The standard InChI is InChI=1S/C16H22N4O3/c1-19(13-6-8-17-9-7-13)16(21)11-2-5-14(18-12-3-4-12)15(10-11)20(22)23/h2,5,10,12-13,17-18H,3-4,6-9H2,1H3. The third-order valence-electron chi connectivity index (χ3n) is 4.56. The summed E-state index contributed by atoms with van der Waals surface area (Å²) in [5.41, 5.74) is 0.846. The maximum absolute atomic E-state index is 12.6. The zero-order chi connectivity index (χ0) is 16.4. The van der Waals surface area contributed by atoms with E-state index in [0.717, 1.165) is 38.8 Å². The molecule has 7 nitrogen and oxygen atoms in total. The van der Waals surface area contributed by atoms with E-state index in [1.54, 1.807) is 24.1 Å². The van der Waals surface area contributed by atoms with Crippen molar-refractivity contribution in [3.05, 3.63) is 33.9 Å². The van der Waals surface area contributed by atoms with E-state index in [0.29, 0.717) is 17.3 Å². The number of carbonyl (C=O) groups excluding carboxylic acids is 1. The van der Waals surface area contributed by atoms with Gasteiger partial charge in [-0.2, -0.15) is 0 Å². The molecule has 124 valence electrons. The van der Waals surface area contributed by atoms with Gasteiger partial charge in [0.15, 0.2) is 0 Å². The summed E-state index contributed by atoms with van der Waals surface area (Å²) in [5.74, 6) is -0.155. The van der Waals surface area contributed by atoms with Crippen molar-refractivity contribution in [3.8, 4) is 0 Å². The molecular formula is C16H22N4O3. The summed E-state index contributed by atoms with van der Waals surface area (Å²) >= 11 is 0. The lowest BCUT2D eigenvalue weighted by Gasteiger charge is -2.31. The maximum atomic E-state index is 12.6. The van der Waals surface area contributed by atoms with Crippen molar-refractivity contribution in [3.63, 3.8) is 0 Å². The average Bonchev–Trinajstić information content (AvgIpc) is 3.38. The minimum Gasteiger partial charge on any atom is -0.377 e. The molecule has 1 saturated heterocycles. The highest BCUT2D eigenvalue weighted by molar-refractivity contribution is 5.95. The van der Waals surface area contributed by atoms with E-state index in [-0.39, 0.29) is 17.6 Å². The molecule has 0 aromatic heterocycles. The molecule has 1 aliphatic carbocycles. The number of amides is 1. The van der Waals surface area contributed by atoms with Crippen molar-refractivity contribution in [2.45, 2.75) is 37.8 Å². The SMILES string of the molecule is CN(C(=O)c1ccc(NC2CC2)c([N+](=O)[O-])c1)C1CCNCC1. The summed E-state index contributed by atoms with van der Waals surface area (Å²) in [7, 11) is 1.78. The quantitative estimate of drug-likeness (QED) is 0.640. The van der Waals surface area contributed by atoms with Crippen LogP contribution in [0.2, 0.25) is 0 Å². The Hall–Kier alpha value is -2.15. The highest BCUT2D eigenvalue weighted by Crippen LogP contribution is 2.32. The second kappa shape index (κ2) is 6.54. The van der Waals surface area contributed by atoms with Crippen molar-refractivity contribution >= 4 is 17.3 Å². The number of rotatable bonds is 5. The monoisotopic (exact) mass is 318 g/mol. The van der Waals surface area contributed by atoms with Gasteiger partial charge in [0, 0.05) is 30.8 Å². The predicted molar refractivity (Wildman–Crippen MR) is 87.7 cm³/mol. The highest BCUT2D eigenvalue weighted by atomic mass is 16.6. The minimum atomic E-state index is -0.425. The van der Waals surface area contributed by atoms with Crippen LogP contribution in [-0.2, 0) is 0 Å². The third kappa shape index (κ3) is 3.61. The molecule has 2 aliphatic rings. The third-order valence-corrected chi connectivity index (χ3v) is 4.56. The molecule has 23 heavy (non-hydrogen) atoms. The first-order valence-electron chi connectivity index (χ1n) is 8.09. The minimum absolute atomic E-state index is 0.0264. The van der Waals surface area contributed by atoms with Crippen molar-refractivity contribution in [1.29, 1.82) is 0 Å². The first-order chi connectivity index (χ1) is 11.1. The van der Waals surface area contributed by atoms with E-state index < -0.39 is 4.92 Å². The molecule has 1 aromatic rings. The van der Waals surface area contributed by atoms with Crippen LogP contribution >= 0.6 is 0 Å². The number of benzene rings is 1. The number of hydrogen-bond donors (Lipinski definition) is 2. The lowest BCUT2D eigenvalue weighted by molar-refractivity contribution is -0.384. The van der Waals surface area contributed by atoms with Gasteiger partial charge >= 0.3 is 0 Å². The van der Waals surface area contributed by atoms with Gasteiger partial charge in [-0.1, -0.05) is 0 Å². The summed E-state index contributed by atoms with van der Waals surface area (Å²) in [5, 5.41) is 17.7. The van der Waals surface area contributed by atoms with E-state index in [9.17, 15) is 14.9 Å². The zero-order valence-corrected chi connectivity index (χ0v) is 13.2. The smallest absolute Gasteiger partial charge is 0.293 e. The number of nitrogens with one attached hydrogen (secondary N) is 2. The van der Waals surface area contributed by atoms with Gasteiger partial charge in [-0.25, -0.2) is 0 Å². The summed E-state index contributed by atoms with van der Waals surface area (Å²) in [6, 6.07) is 5.24. The fraction of sp³-hybridized carbons (Fsp3) is 0.562. The van der Waals surface area contributed by atoms with Gasteiger partial charge in [0.05, 0.1) is 4.92 Å². The number of nitro benzene ring substituents is 1. The fourth-order valence-corrected chi connectivity index (χ4v) is 2.95. The van der Waals surface area contributed by atoms with Gasteiger partial charge in [-0.05, 0) is 50.9 Å². The number of nitro groups is 1. The largest absolute Gasteiger partial charge is 0.377 e. The Morgan fingerprint density at radius 3 is 2.61 bits per heavy atom. The molecule has 0 radical (unpaired) electrons. The molecule has 1 heterocycles. The first-order valence-corrected chi connectivity index (χ1v) is 8.09. The number of piperidine rings is 1. The van der Waals surface area contributed by atoms with Crippen molar-refractivity contribution in [2.75, 3.05) is 25.5 Å². The molecule has 0 atom stereocenters. The second-order valence-corrected chi connectivity index (χ2v) is 6.30. The van der Waals surface area contributed by atoms with Gasteiger partial charge in [-0.15, -0.1) is 0 Å². The summed E-state index contributed by atoms with van der Waals surface area (Å²) in [6.45, 7) is 1.79. The molecule has 2 N–H and O–H groups in total. The number of nitrogens with zero attached hydrogens (tertiary/aromatic N) is 2. The van der Waals surface area contributed by atoms with Crippen LogP contribution in [-0.4, -0.2) is 48.0 Å². The van der Waals surface area contributed by atoms with E-state index in [4.69, 9.17) is 0 Å². The normalized spacial score (nSPS) is 18.5. The number of carbonyl (C=O) groups is 1. The maximum Gasteiger partial charge on any atom is 0.293 e.